The van der Waals surface area contributed by atoms with Gasteiger partial charge in [-0.2, -0.15) is 0 Å². The average molecular weight is 451 g/mol. The van der Waals surface area contributed by atoms with Gasteiger partial charge in [-0.15, -0.1) is 0 Å². The highest BCUT2D eigenvalue weighted by Crippen LogP contribution is 2.18. The maximum atomic E-state index is 12.9. The minimum Gasteiger partial charge on any atom is -0.497 e. The van der Waals surface area contributed by atoms with E-state index in [1.54, 1.807) is 19.2 Å². The van der Waals surface area contributed by atoms with Gasteiger partial charge in [-0.25, -0.2) is 0 Å². The number of nitrogens with zero attached hydrogens (tertiary/aromatic N) is 2. The number of benzene rings is 3. The van der Waals surface area contributed by atoms with Gasteiger partial charge in [0.2, 0.25) is 0 Å². The summed E-state index contributed by atoms with van der Waals surface area (Å²) in [5.41, 5.74) is 2.95. The zero-order valence-electron chi connectivity index (χ0n) is 18.2. The number of amides is 1. The molecule has 0 atom stereocenters. The van der Waals surface area contributed by atoms with Gasteiger partial charge in [-0.3, -0.25) is 9.69 Å². The standard InChI is InChI=1S/C26H27ClN2O3/c1-31-25-4-2-3-21(17-25)18-28-13-15-29(16-14-28)26(30)22-7-5-20(6-8-22)19-32-24-11-9-23(27)10-12-24/h2-12,17H,13-16,18-19H2,1H3. The smallest absolute Gasteiger partial charge is 0.253 e. The van der Waals surface area contributed by atoms with Gasteiger partial charge in [-0.05, 0) is 59.7 Å². The van der Waals surface area contributed by atoms with Gasteiger partial charge >= 0.3 is 0 Å². The van der Waals surface area contributed by atoms with Gasteiger partial charge in [0.15, 0.2) is 0 Å². The van der Waals surface area contributed by atoms with Crippen molar-refractivity contribution >= 4 is 17.5 Å². The molecule has 0 saturated carbocycles. The molecule has 1 aliphatic heterocycles. The topological polar surface area (TPSA) is 42.0 Å². The van der Waals surface area contributed by atoms with E-state index in [-0.39, 0.29) is 5.91 Å². The lowest BCUT2D eigenvalue weighted by Crippen LogP contribution is -2.48. The Kier molecular flexibility index (Phi) is 7.30. The predicted molar refractivity (Wildman–Crippen MR) is 126 cm³/mol. The predicted octanol–water partition coefficient (Wildman–Crippen LogP) is 4.89. The number of hydrogen-bond acceptors (Lipinski definition) is 4. The van der Waals surface area contributed by atoms with Gasteiger partial charge in [0, 0.05) is 43.3 Å². The summed E-state index contributed by atoms with van der Waals surface area (Å²) < 4.78 is 11.1. The molecule has 0 radical (unpaired) electrons. The zero-order valence-corrected chi connectivity index (χ0v) is 18.9. The Morgan fingerprint density at radius 3 is 2.28 bits per heavy atom. The first-order valence-corrected chi connectivity index (χ1v) is 11.1. The Hall–Kier alpha value is -3.02. The third-order valence-electron chi connectivity index (χ3n) is 5.62. The number of halogens is 1. The molecular formula is C26H27ClN2O3. The quantitative estimate of drug-likeness (QED) is 0.514. The summed E-state index contributed by atoms with van der Waals surface area (Å²) in [4.78, 5) is 17.2. The maximum Gasteiger partial charge on any atom is 0.253 e. The molecule has 0 aromatic heterocycles. The molecule has 6 heteroatoms. The number of hydrogen-bond donors (Lipinski definition) is 0. The Morgan fingerprint density at radius 2 is 1.59 bits per heavy atom. The van der Waals surface area contributed by atoms with Crippen molar-refractivity contribution in [1.82, 2.24) is 9.80 Å². The van der Waals surface area contributed by atoms with Gasteiger partial charge < -0.3 is 14.4 Å². The zero-order chi connectivity index (χ0) is 22.3. The summed E-state index contributed by atoms with van der Waals surface area (Å²) in [6, 6.07) is 23.1. The van der Waals surface area contributed by atoms with Crippen molar-refractivity contribution in [3.63, 3.8) is 0 Å². The lowest BCUT2D eigenvalue weighted by molar-refractivity contribution is 0.0628. The molecule has 1 aliphatic rings. The summed E-state index contributed by atoms with van der Waals surface area (Å²) in [5.74, 6) is 1.72. The van der Waals surface area contributed by atoms with Crippen molar-refractivity contribution in [3.8, 4) is 11.5 Å². The van der Waals surface area contributed by atoms with Gasteiger partial charge in [0.1, 0.15) is 18.1 Å². The molecular weight excluding hydrogens is 424 g/mol. The molecule has 1 fully saturated rings. The molecule has 32 heavy (non-hydrogen) atoms. The highest BCUT2D eigenvalue weighted by atomic mass is 35.5. The molecule has 0 aliphatic carbocycles. The van der Waals surface area contributed by atoms with Crippen molar-refractivity contribution in [1.29, 1.82) is 0 Å². The molecule has 0 spiro atoms. The number of carbonyl (C=O) groups excluding carboxylic acids is 1. The lowest BCUT2D eigenvalue weighted by Gasteiger charge is -2.34. The molecule has 1 saturated heterocycles. The van der Waals surface area contributed by atoms with Crippen LogP contribution in [0.15, 0.2) is 72.8 Å². The first-order chi connectivity index (χ1) is 15.6. The van der Waals surface area contributed by atoms with Crippen LogP contribution in [0.1, 0.15) is 21.5 Å². The average Bonchev–Trinajstić information content (AvgIpc) is 2.84. The van der Waals surface area contributed by atoms with Crippen molar-refractivity contribution in [3.05, 3.63) is 94.5 Å². The third kappa shape index (κ3) is 5.81. The van der Waals surface area contributed by atoms with E-state index in [4.69, 9.17) is 21.1 Å². The SMILES string of the molecule is COc1cccc(CN2CCN(C(=O)c3ccc(COc4ccc(Cl)cc4)cc3)CC2)c1. The molecule has 1 amide bonds. The van der Waals surface area contributed by atoms with Crippen LogP contribution in [-0.2, 0) is 13.2 Å². The second kappa shape index (κ2) is 10.5. The minimum absolute atomic E-state index is 0.0798. The maximum absolute atomic E-state index is 12.9. The van der Waals surface area contributed by atoms with E-state index < -0.39 is 0 Å². The first-order valence-electron chi connectivity index (χ1n) is 10.7. The summed E-state index contributed by atoms with van der Waals surface area (Å²) in [6.45, 7) is 4.47. The van der Waals surface area contributed by atoms with Crippen LogP contribution in [0.25, 0.3) is 0 Å². The Balaban J connectivity index is 1.26. The summed E-state index contributed by atoms with van der Waals surface area (Å²) >= 11 is 5.90. The van der Waals surface area contributed by atoms with E-state index in [0.717, 1.165) is 49.8 Å². The molecule has 4 rings (SSSR count). The number of piperazine rings is 1. The fraction of sp³-hybridized carbons (Fsp3) is 0.269. The van der Waals surface area contributed by atoms with Crippen molar-refractivity contribution in [2.45, 2.75) is 13.2 Å². The molecule has 1 heterocycles. The van der Waals surface area contributed by atoms with Gasteiger partial charge in [0.05, 0.1) is 7.11 Å². The number of ether oxygens (including phenoxy) is 2. The minimum atomic E-state index is 0.0798. The van der Waals surface area contributed by atoms with Crippen LogP contribution in [0.3, 0.4) is 0 Å². The van der Waals surface area contributed by atoms with Crippen molar-refractivity contribution in [2.75, 3.05) is 33.3 Å². The number of rotatable bonds is 7. The molecule has 3 aromatic carbocycles. The molecule has 3 aromatic rings. The fourth-order valence-electron chi connectivity index (χ4n) is 3.76. The first kappa shape index (κ1) is 22.2. The van der Waals surface area contributed by atoms with Crippen LogP contribution in [0.4, 0.5) is 0 Å². The van der Waals surface area contributed by atoms with E-state index in [1.165, 1.54) is 5.56 Å². The fourth-order valence-corrected chi connectivity index (χ4v) is 3.89. The van der Waals surface area contributed by atoms with Crippen molar-refractivity contribution in [2.24, 2.45) is 0 Å². The summed E-state index contributed by atoms with van der Waals surface area (Å²) in [5, 5.41) is 0.682. The van der Waals surface area contributed by atoms with Crippen LogP contribution < -0.4 is 9.47 Å². The molecule has 166 valence electrons. The number of carbonyl (C=O) groups is 1. The van der Waals surface area contributed by atoms with E-state index in [0.29, 0.717) is 17.2 Å². The highest BCUT2D eigenvalue weighted by Gasteiger charge is 2.22. The monoisotopic (exact) mass is 450 g/mol. The van der Waals surface area contributed by atoms with Crippen LogP contribution in [-0.4, -0.2) is 49.0 Å². The normalized spacial score (nSPS) is 14.2. The van der Waals surface area contributed by atoms with E-state index >= 15 is 0 Å². The molecule has 0 N–H and O–H groups in total. The largest absolute Gasteiger partial charge is 0.497 e. The summed E-state index contributed by atoms with van der Waals surface area (Å²) in [6.07, 6.45) is 0. The molecule has 0 unspecified atom stereocenters. The lowest BCUT2D eigenvalue weighted by atomic mass is 10.1. The van der Waals surface area contributed by atoms with Gasteiger partial charge in [-0.1, -0.05) is 35.9 Å². The number of methoxy groups -OCH3 is 1. The van der Waals surface area contributed by atoms with Crippen molar-refractivity contribution < 1.29 is 14.3 Å². The van der Waals surface area contributed by atoms with E-state index in [2.05, 4.69) is 17.0 Å². The Labute approximate surface area is 194 Å². The molecule has 0 bridgehead atoms. The van der Waals surface area contributed by atoms with E-state index in [9.17, 15) is 4.79 Å². The van der Waals surface area contributed by atoms with Crippen LogP contribution in [0.2, 0.25) is 5.02 Å². The summed E-state index contributed by atoms with van der Waals surface area (Å²) in [7, 11) is 1.68. The second-order valence-electron chi connectivity index (χ2n) is 7.86. The van der Waals surface area contributed by atoms with Crippen LogP contribution in [0, 0.1) is 0 Å². The third-order valence-corrected chi connectivity index (χ3v) is 5.87. The molecule has 5 nitrogen and oxygen atoms in total. The van der Waals surface area contributed by atoms with Crippen LogP contribution >= 0.6 is 11.6 Å². The van der Waals surface area contributed by atoms with Gasteiger partial charge in [0.25, 0.3) is 5.91 Å². The Bertz CT molecular complexity index is 1030. The Morgan fingerprint density at radius 1 is 0.875 bits per heavy atom. The van der Waals surface area contributed by atoms with Crippen LogP contribution in [0.5, 0.6) is 11.5 Å². The second-order valence-corrected chi connectivity index (χ2v) is 8.30. The highest BCUT2D eigenvalue weighted by molar-refractivity contribution is 6.30. The van der Waals surface area contributed by atoms with E-state index in [1.807, 2.05) is 53.4 Å².